The molecule has 1 aromatic carbocycles. The van der Waals surface area contributed by atoms with Crippen LogP contribution in [-0.2, 0) is 4.74 Å². The zero-order valence-electron chi connectivity index (χ0n) is 8.31. The van der Waals surface area contributed by atoms with E-state index in [1.54, 1.807) is 0 Å². The molecule has 1 fully saturated rings. The fraction of sp³-hybridized carbons (Fsp3) is 0.455. The summed E-state index contributed by atoms with van der Waals surface area (Å²) in [5, 5.41) is 8.31. The van der Waals surface area contributed by atoms with Gasteiger partial charge in [-0.05, 0) is 19.1 Å². The average molecular weight is 212 g/mol. The summed E-state index contributed by atoms with van der Waals surface area (Å²) in [4.78, 5) is 1.02. The van der Waals surface area contributed by atoms with E-state index in [0.29, 0.717) is 12.5 Å². The van der Waals surface area contributed by atoms with Crippen LogP contribution in [0.25, 0.3) is 0 Å². The van der Waals surface area contributed by atoms with Crippen LogP contribution in [0.15, 0.2) is 29.2 Å². The minimum atomic E-state index is 0.292. The fourth-order valence-electron chi connectivity index (χ4n) is 0.935. The van der Waals surface area contributed by atoms with E-state index >= 15 is 0 Å². The summed E-state index contributed by atoms with van der Waals surface area (Å²) in [5.74, 6) is 0.449. The first-order chi connectivity index (χ1) is 6.72. The highest BCUT2D eigenvalue weighted by molar-refractivity contribution is 7.80. The second kappa shape index (κ2) is 6.06. The summed E-state index contributed by atoms with van der Waals surface area (Å²) in [6.07, 6.45) is 0. The van der Waals surface area contributed by atoms with Crippen molar-refractivity contribution in [1.29, 1.82) is 0 Å². The Balaban J connectivity index is 0.000000146. The lowest BCUT2D eigenvalue weighted by Gasteiger charge is -2.22. The van der Waals surface area contributed by atoms with Crippen LogP contribution in [0.4, 0.5) is 0 Å². The van der Waals surface area contributed by atoms with Crippen LogP contribution in [0.3, 0.4) is 0 Å². The Kier molecular flexibility index (Phi) is 5.01. The third kappa shape index (κ3) is 4.13. The second-order valence-electron chi connectivity index (χ2n) is 3.42. The van der Waals surface area contributed by atoms with Crippen molar-refractivity contribution >= 4 is 12.6 Å². The molecule has 0 aliphatic carbocycles. The first kappa shape index (κ1) is 11.6. The van der Waals surface area contributed by atoms with Gasteiger partial charge in [0.2, 0.25) is 0 Å². The Morgan fingerprint density at radius 2 is 1.93 bits per heavy atom. The van der Waals surface area contributed by atoms with Crippen LogP contribution in [0, 0.1) is 12.8 Å². The van der Waals surface area contributed by atoms with Gasteiger partial charge >= 0.3 is 0 Å². The molecule has 0 unspecified atom stereocenters. The molecule has 0 saturated carbocycles. The van der Waals surface area contributed by atoms with Gasteiger partial charge in [-0.3, -0.25) is 0 Å². The van der Waals surface area contributed by atoms with Crippen molar-refractivity contribution in [3.05, 3.63) is 29.8 Å². The van der Waals surface area contributed by atoms with Crippen molar-refractivity contribution in [3.8, 4) is 0 Å². The zero-order chi connectivity index (χ0) is 10.4. The largest absolute Gasteiger partial charge is 0.396 e. The predicted octanol–water partition coefficient (Wildman–Crippen LogP) is 1.91. The maximum Gasteiger partial charge on any atom is 0.0538 e. The molecule has 3 heteroatoms. The third-order valence-electron chi connectivity index (χ3n) is 2.00. The maximum atomic E-state index is 8.31. The summed E-state index contributed by atoms with van der Waals surface area (Å²) in [6, 6.07) is 8.06. The highest BCUT2D eigenvalue weighted by Crippen LogP contribution is 2.06. The average Bonchev–Trinajstić information content (AvgIpc) is 2.09. The molecule has 14 heavy (non-hydrogen) atoms. The summed E-state index contributed by atoms with van der Waals surface area (Å²) in [6.45, 7) is 3.88. The van der Waals surface area contributed by atoms with E-state index in [0.717, 1.165) is 18.1 Å². The highest BCUT2D eigenvalue weighted by atomic mass is 32.1. The summed E-state index contributed by atoms with van der Waals surface area (Å²) in [7, 11) is 0. The van der Waals surface area contributed by atoms with Gasteiger partial charge in [0.1, 0.15) is 0 Å². The van der Waals surface area contributed by atoms with Gasteiger partial charge in [-0.1, -0.05) is 17.7 Å². The summed E-state index contributed by atoms with van der Waals surface area (Å²) in [5.41, 5.74) is 1.28. The van der Waals surface area contributed by atoms with Crippen molar-refractivity contribution in [2.45, 2.75) is 11.8 Å². The molecule has 78 valence electrons. The van der Waals surface area contributed by atoms with E-state index in [9.17, 15) is 0 Å². The normalized spacial score (nSPS) is 15.4. The molecular formula is C11H16O2S. The number of benzene rings is 1. The molecule has 2 rings (SSSR count). The van der Waals surface area contributed by atoms with Crippen molar-refractivity contribution in [3.63, 3.8) is 0 Å². The van der Waals surface area contributed by atoms with Gasteiger partial charge in [-0.25, -0.2) is 0 Å². The molecule has 0 atom stereocenters. The standard InChI is InChI=1S/C7H8S.C4H8O2/c1-6-2-4-7(8)5-3-6;5-1-4-2-6-3-4/h2-5,8H,1H3;4-5H,1-3H2. The molecule has 2 nitrogen and oxygen atoms in total. The van der Waals surface area contributed by atoms with E-state index in [2.05, 4.69) is 19.6 Å². The van der Waals surface area contributed by atoms with Gasteiger partial charge < -0.3 is 9.84 Å². The van der Waals surface area contributed by atoms with Gasteiger partial charge in [0.25, 0.3) is 0 Å². The van der Waals surface area contributed by atoms with E-state index in [1.807, 2.05) is 24.3 Å². The topological polar surface area (TPSA) is 29.5 Å². The first-order valence-electron chi connectivity index (χ1n) is 4.66. The quantitative estimate of drug-likeness (QED) is 0.696. The van der Waals surface area contributed by atoms with Crippen LogP contribution in [0.5, 0.6) is 0 Å². The number of ether oxygens (including phenoxy) is 1. The molecule has 0 aromatic heterocycles. The highest BCUT2D eigenvalue weighted by Gasteiger charge is 2.15. The SMILES string of the molecule is Cc1ccc(S)cc1.OCC1COC1. The van der Waals surface area contributed by atoms with E-state index in [-0.39, 0.29) is 0 Å². The minimum Gasteiger partial charge on any atom is -0.396 e. The van der Waals surface area contributed by atoms with Crippen molar-refractivity contribution in [2.75, 3.05) is 19.8 Å². The number of hydrogen-bond acceptors (Lipinski definition) is 3. The van der Waals surface area contributed by atoms with Gasteiger partial charge in [-0.15, -0.1) is 12.6 Å². The molecule has 0 amide bonds. The lowest BCUT2D eigenvalue weighted by atomic mass is 10.1. The first-order valence-corrected chi connectivity index (χ1v) is 5.11. The van der Waals surface area contributed by atoms with Crippen LogP contribution in [-0.4, -0.2) is 24.9 Å². The molecule has 1 aliphatic heterocycles. The lowest BCUT2D eigenvalue weighted by molar-refractivity contribution is -0.0554. The maximum absolute atomic E-state index is 8.31. The number of thiol groups is 1. The van der Waals surface area contributed by atoms with Crippen molar-refractivity contribution in [2.24, 2.45) is 5.92 Å². The van der Waals surface area contributed by atoms with Gasteiger partial charge in [0.15, 0.2) is 0 Å². The molecule has 0 spiro atoms. The Morgan fingerprint density at radius 3 is 2.14 bits per heavy atom. The second-order valence-corrected chi connectivity index (χ2v) is 3.94. The van der Waals surface area contributed by atoms with Crippen LogP contribution < -0.4 is 0 Å². The fourth-order valence-corrected chi connectivity index (χ4v) is 1.08. The monoisotopic (exact) mass is 212 g/mol. The number of aryl methyl sites for hydroxylation is 1. The molecule has 1 N–H and O–H groups in total. The summed E-state index contributed by atoms with van der Waals surface area (Å²) < 4.78 is 4.77. The number of aliphatic hydroxyl groups excluding tert-OH is 1. The number of aliphatic hydroxyl groups is 1. The Bertz CT molecular complexity index is 231. The van der Waals surface area contributed by atoms with Gasteiger partial charge in [0, 0.05) is 10.8 Å². The zero-order valence-corrected chi connectivity index (χ0v) is 9.21. The van der Waals surface area contributed by atoms with Crippen molar-refractivity contribution in [1.82, 2.24) is 0 Å². The molecule has 1 heterocycles. The molecule has 1 saturated heterocycles. The summed E-state index contributed by atoms with van der Waals surface area (Å²) >= 11 is 4.13. The van der Waals surface area contributed by atoms with E-state index in [1.165, 1.54) is 5.56 Å². The molecule has 0 bridgehead atoms. The van der Waals surface area contributed by atoms with Crippen molar-refractivity contribution < 1.29 is 9.84 Å². The van der Waals surface area contributed by atoms with Gasteiger partial charge in [-0.2, -0.15) is 0 Å². The van der Waals surface area contributed by atoms with Crippen LogP contribution in [0.1, 0.15) is 5.56 Å². The number of rotatable bonds is 1. The van der Waals surface area contributed by atoms with E-state index in [4.69, 9.17) is 9.84 Å². The van der Waals surface area contributed by atoms with E-state index < -0.39 is 0 Å². The van der Waals surface area contributed by atoms with Gasteiger partial charge in [0.05, 0.1) is 19.8 Å². The predicted molar refractivity (Wildman–Crippen MR) is 59.8 cm³/mol. The Hall–Kier alpha value is -0.510. The number of hydrogen-bond donors (Lipinski definition) is 2. The van der Waals surface area contributed by atoms with Crippen LogP contribution in [0.2, 0.25) is 0 Å². The molecule has 0 radical (unpaired) electrons. The van der Waals surface area contributed by atoms with Crippen LogP contribution >= 0.6 is 12.6 Å². The Labute approximate surface area is 90.3 Å². The molecular weight excluding hydrogens is 196 g/mol. The molecule has 1 aromatic rings. The molecule has 1 aliphatic rings. The smallest absolute Gasteiger partial charge is 0.0538 e. The lowest BCUT2D eigenvalue weighted by Crippen LogP contribution is -2.30. The third-order valence-corrected chi connectivity index (χ3v) is 2.30. The minimum absolute atomic E-state index is 0.292. The Morgan fingerprint density at radius 1 is 1.36 bits per heavy atom.